The van der Waals surface area contributed by atoms with E-state index in [2.05, 4.69) is 29.2 Å². The van der Waals surface area contributed by atoms with E-state index >= 15 is 0 Å². The number of nitrogens with zero attached hydrogens (tertiary/aromatic N) is 2. The zero-order valence-corrected chi connectivity index (χ0v) is 16.5. The molecule has 1 aromatic carbocycles. The van der Waals surface area contributed by atoms with Gasteiger partial charge in [0.1, 0.15) is 0 Å². The van der Waals surface area contributed by atoms with E-state index in [0.717, 1.165) is 51.7 Å². The van der Waals surface area contributed by atoms with Crippen LogP contribution in [0.4, 0.5) is 0 Å². The Balaban J connectivity index is 1.58. The van der Waals surface area contributed by atoms with Crippen LogP contribution in [0.3, 0.4) is 0 Å². The van der Waals surface area contributed by atoms with Crippen molar-refractivity contribution in [3.05, 3.63) is 35.9 Å². The van der Waals surface area contributed by atoms with Gasteiger partial charge in [0.15, 0.2) is 0 Å². The molecule has 0 aromatic heterocycles. The minimum atomic E-state index is -0.376. The first-order chi connectivity index (χ1) is 12.3. The van der Waals surface area contributed by atoms with E-state index in [9.17, 15) is 9.59 Å². The average Bonchev–Trinajstić information content (AvgIpc) is 3.03. The Hall–Kier alpha value is -1.84. The molecule has 2 fully saturated rings. The number of likely N-dealkylation sites (tertiary alicyclic amines) is 2. The van der Waals surface area contributed by atoms with Gasteiger partial charge in [-0.3, -0.25) is 9.59 Å². The maximum absolute atomic E-state index is 13.2. The third-order valence-corrected chi connectivity index (χ3v) is 5.84. The van der Waals surface area contributed by atoms with Gasteiger partial charge in [-0.2, -0.15) is 0 Å². The summed E-state index contributed by atoms with van der Waals surface area (Å²) in [5.74, 6) is 0.449. The SMILES string of the molecule is CC(C)(C)C(=O)N1CCC2(CCCN(CCCc3ccccc3)C2=O)C1. The fraction of sp³-hybridized carbons (Fsp3) is 0.636. The Kier molecular flexibility index (Phi) is 5.40. The molecule has 26 heavy (non-hydrogen) atoms. The van der Waals surface area contributed by atoms with Crippen molar-refractivity contribution in [3.8, 4) is 0 Å². The highest BCUT2D eigenvalue weighted by atomic mass is 16.2. The molecule has 0 saturated carbocycles. The summed E-state index contributed by atoms with van der Waals surface area (Å²) in [5.41, 5.74) is 0.624. The van der Waals surface area contributed by atoms with Crippen LogP contribution in [0.1, 0.15) is 52.0 Å². The molecule has 4 nitrogen and oxygen atoms in total. The zero-order valence-electron chi connectivity index (χ0n) is 16.5. The Labute approximate surface area is 157 Å². The number of hydrogen-bond acceptors (Lipinski definition) is 2. The summed E-state index contributed by atoms with van der Waals surface area (Å²) in [6.45, 7) is 8.89. The fourth-order valence-corrected chi connectivity index (χ4v) is 4.38. The van der Waals surface area contributed by atoms with Crippen LogP contribution >= 0.6 is 0 Å². The predicted molar refractivity (Wildman–Crippen MR) is 104 cm³/mol. The zero-order chi connectivity index (χ0) is 18.8. The number of benzene rings is 1. The van der Waals surface area contributed by atoms with Crippen LogP contribution in [-0.4, -0.2) is 47.8 Å². The second kappa shape index (κ2) is 7.42. The van der Waals surface area contributed by atoms with E-state index in [4.69, 9.17) is 0 Å². The van der Waals surface area contributed by atoms with Crippen LogP contribution in [0, 0.1) is 10.8 Å². The number of aryl methyl sites for hydroxylation is 1. The van der Waals surface area contributed by atoms with Crippen LogP contribution in [0.2, 0.25) is 0 Å². The molecule has 0 radical (unpaired) electrons. The van der Waals surface area contributed by atoms with Gasteiger partial charge in [0.05, 0.1) is 5.41 Å². The lowest BCUT2D eigenvalue weighted by Gasteiger charge is -2.39. The van der Waals surface area contributed by atoms with Gasteiger partial charge in [-0.25, -0.2) is 0 Å². The standard InChI is InChI=1S/C22H32N2O2/c1-21(2,3)19(25)24-16-13-22(17-24)12-8-15-23(20(22)26)14-7-11-18-9-5-4-6-10-18/h4-6,9-10H,7-8,11-17H2,1-3H3. The highest BCUT2D eigenvalue weighted by Crippen LogP contribution is 2.41. The predicted octanol–water partition coefficient (Wildman–Crippen LogP) is 3.51. The highest BCUT2D eigenvalue weighted by Gasteiger charge is 2.50. The summed E-state index contributed by atoms with van der Waals surface area (Å²) in [4.78, 5) is 29.8. The molecule has 1 atom stereocenters. The average molecular weight is 357 g/mol. The van der Waals surface area contributed by atoms with Crippen LogP contribution in [0.15, 0.2) is 30.3 Å². The van der Waals surface area contributed by atoms with Crippen molar-refractivity contribution in [2.75, 3.05) is 26.2 Å². The number of rotatable bonds is 4. The molecule has 1 unspecified atom stereocenters. The van der Waals surface area contributed by atoms with E-state index in [1.807, 2.05) is 31.7 Å². The molecule has 1 aromatic rings. The van der Waals surface area contributed by atoms with E-state index in [0.29, 0.717) is 6.54 Å². The lowest BCUT2D eigenvalue weighted by atomic mass is 9.78. The van der Waals surface area contributed by atoms with Crippen LogP contribution in [0.5, 0.6) is 0 Å². The molecule has 2 saturated heterocycles. The smallest absolute Gasteiger partial charge is 0.230 e. The second-order valence-corrected chi connectivity index (χ2v) is 8.99. The van der Waals surface area contributed by atoms with Gasteiger partial charge >= 0.3 is 0 Å². The fourth-order valence-electron chi connectivity index (χ4n) is 4.38. The maximum atomic E-state index is 13.2. The molecule has 2 aliphatic rings. The Morgan fingerprint density at radius 1 is 1.12 bits per heavy atom. The van der Waals surface area contributed by atoms with Crippen molar-refractivity contribution < 1.29 is 9.59 Å². The lowest BCUT2D eigenvalue weighted by molar-refractivity contribution is -0.147. The summed E-state index contributed by atoms with van der Waals surface area (Å²) < 4.78 is 0. The number of carbonyl (C=O) groups excluding carboxylic acids is 2. The first kappa shape index (κ1) is 18.9. The largest absolute Gasteiger partial charge is 0.342 e. The molecule has 2 amide bonds. The van der Waals surface area contributed by atoms with Crippen molar-refractivity contribution in [3.63, 3.8) is 0 Å². The second-order valence-electron chi connectivity index (χ2n) is 8.99. The Morgan fingerprint density at radius 2 is 1.85 bits per heavy atom. The summed E-state index contributed by atoms with van der Waals surface area (Å²) in [6.07, 6.45) is 4.80. The molecule has 0 bridgehead atoms. The molecular formula is C22H32N2O2. The van der Waals surface area contributed by atoms with Gasteiger partial charge in [-0.1, -0.05) is 51.1 Å². The quantitative estimate of drug-likeness (QED) is 0.828. The van der Waals surface area contributed by atoms with Gasteiger partial charge in [0, 0.05) is 31.6 Å². The molecule has 2 aliphatic heterocycles. The van der Waals surface area contributed by atoms with Crippen molar-refractivity contribution in [1.82, 2.24) is 9.80 Å². The molecule has 3 rings (SSSR count). The third kappa shape index (κ3) is 3.94. The number of amides is 2. The van der Waals surface area contributed by atoms with Crippen molar-refractivity contribution >= 4 is 11.8 Å². The van der Waals surface area contributed by atoms with Gasteiger partial charge in [-0.05, 0) is 37.7 Å². The summed E-state index contributed by atoms with van der Waals surface area (Å²) in [5, 5.41) is 0. The monoisotopic (exact) mass is 356 g/mol. The first-order valence-corrected chi connectivity index (χ1v) is 9.95. The van der Waals surface area contributed by atoms with Crippen molar-refractivity contribution in [1.29, 1.82) is 0 Å². The van der Waals surface area contributed by atoms with E-state index in [1.165, 1.54) is 5.56 Å². The topological polar surface area (TPSA) is 40.6 Å². The highest BCUT2D eigenvalue weighted by molar-refractivity contribution is 5.87. The third-order valence-electron chi connectivity index (χ3n) is 5.84. The molecule has 0 N–H and O–H groups in total. The molecule has 2 heterocycles. The van der Waals surface area contributed by atoms with Gasteiger partial charge in [0.25, 0.3) is 0 Å². The first-order valence-electron chi connectivity index (χ1n) is 9.95. The van der Waals surface area contributed by atoms with Gasteiger partial charge in [0.2, 0.25) is 11.8 Å². The van der Waals surface area contributed by atoms with E-state index < -0.39 is 0 Å². The number of carbonyl (C=O) groups is 2. The maximum Gasteiger partial charge on any atom is 0.230 e. The lowest BCUT2D eigenvalue weighted by Crippen LogP contribution is -2.51. The summed E-state index contributed by atoms with van der Waals surface area (Å²) >= 11 is 0. The van der Waals surface area contributed by atoms with Crippen molar-refractivity contribution in [2.24, 2.45) is 10.8 Å². The van der Waals surface area contributed by atoms with Gasteiger partial charge in [-0.15, -0.1) is 0 Å². The normalized spacial score (nSPS) is 23.7. The van der Waals surface area contributed by atoms with Crippen LogP contribution in [-0.2, 0) is 16.0 Å². The summed E-state index contributed by atoms with van der Waals surface area (Å²) in [7, 11) is 0. The molecule has 0 aliphatic carbocycles. The van der Waals surface area contributed by atoms with Crippen molar-refractivity contribution in [2.45, 2.75) is 52.9 Å². The minimum Gasteiger partial charge on any atom is -0.342 e. The number of hydrogen-bond donors (Lipinski definition) is 0. The Bertz CT molecular complexity index is 650. The number of piperidine rings is 1. The molecule has 1 spiro atoms. The summed E-state index contributed by atoms with van der Waals surface area (Å²) in [6, 6.07) is 10.5. The van der Waals surface area contributed by atoms with Crippen LogP contribution in [0.25, 0.3) is 0 Å². The molecule has 4 heteroatoms. The molecule has 142 valence electrons. The van der Waals surface area contributed by atoms with E-state index in [-0.39, 0.29) is 22.6 Å². The minimum absolute atomic E-state index is 0.170. The molecular weight excluding hydrogens is 324 g/mol. The van der Waals surface area contributed by atoms with Crippen LogP contribution < -0.4 is 0 Å². The Morgan fingerprint density at radius 3 is 2.54 bits per heavy atom. The van der Waals surface area contributed by atoms with E-state index in [1.54, 1.807) is 0 Å². The van der Waals surface area contributed by atoms with Gasteiger partial charge < -0.3 is 9.80 Å².